The Labute approximate surface area is 219 Å². The van der Waals surface area contributed by atoms with Crippen LogP contribution in [0.4, 0.5) is 5.95 Å². The second-order valence-electron chi connectivity index (χ2n) is 10.5. The number of benzene rings is 2. The second-order valence-corrected chi connectivity index (χ2v) is 10.5. The van der Waals surface area contributed by atoms with Crippen molar-refractivity contribution < 1.29 is 24.0 Å². The summed E-state index contributed by atoms with van der Waals surface area (Å²) in [7, 11) is 0. The minimum Gasteiger partial charge on any atom is -0.481 e. The smallest absolute Gasteiger partial charge is 0.316 e. The van der Waals surface area contributed by atoms with Gasteiger partial charge in [0.2, 0.25) is 5.95 Å². The number of H-pyrrole nitrogens is 1. The summed E-state index contributed by atoms with van der Waals surface area (Å²) in [6.07, 6.45) is 1.18. The minimum absolute atomic E-state index is 0.0926. The van der Waals surface area contributed by atoms with Gasteiger partial charge in [0, 0.05) is 19.0 Å². The lowest BCUT2D eigenvalue weighted by atomic mass is 9.97. The highest BCUT2D eigenvalue weighted by molar-refractivity contribution is 5.96. The van der Waals surface area contributed by atoms with Gasteiger partial charge in [0.05, 0.1) is 23.0 Å². The van der Waals surface area contributed by atoms with Crippen LogP contribution in [0.5, 0.6) is 0 Å². The molecule has 2 aromatic heterocycles. The van der Waals surface area contributed by atoms with E-state index in [1.54, 1.807) is 18.2 Å². The Morgan fingerprint density at radius 2 is 1.95 bits per heavy atom. The molecule has 0 spiro atoms. The van der Waals surface area contributed by atoms with Gasteiger partial charge in [-0.25, -0.2) is 10.5 Å². The molecule has 38 heavy (non-hydrogen) atoms. The van der Waals surface area contributed by atoms with Gasteiger partial charge >= 0.3 is 5.97 Å². The van der Waals surface area contributed by atoms with Crippen molar-refractivity contribution in [2.75, 3.05) is 18.5 Å². The first-order valence-electron chi connectivity index (χ1n) is 12.5. The molecule has 2 aromatic carbocycles. The number of imidazole rings is 1. The van der Waals surface area contributed by atoms with Crippen molar-refractivity contribution in [1.29, 1.82) is 0 Å². The van der Waals surface area contributed by atoms with E-state index >= 15 is 0 Å². The lowest BCUT2D eigenvalue weighted by Crippen LogP contribution is -2.38. The molecule has 4 aromatic rings. The average Bonchev–Trinajstić information content (AvgIpc) is 3.27. The zero-order valence-electron chi connectivity index (χ0n) is 21.7. The number of amides is 1. The molecule has 0 saturated carbocycles. The van der Waals surface area contributed by atoms with Gasteiger partial charge < -0.3 is 19.8 Å². The molecule has 0 unspecified atom stereocenters. The highest BCUT2D eigenvalue weighted by Gasteiger charge is 2.27. The minimum atomic E-state index is -1.36. The molecule has 0 fully saturated rings. The number of hydrogen-bond acceptors (Lipinski definition) is 7. The number of aromatic amines is 1. The van der Waals surface area contributed by atoms with Gasteiger partial charge in [0.1, 0.15) is 17.3 Å². The summed E-state index contributed by atoms with van der Waals surface area (Å²) >= 11 is 0. The van der Waals surface area contributed by atoms with Crippen LogP contribution in [0.25, 0.3) is 22.0 Å². The van der Waals surface area contributed by atoms with Gasteiger partial charge in [-0.05, 0) is 48.1 Å². The van der Waals surface area contributed by atoms with E-state index in [4.69, 9.17) is 9.25 Å². The summed E-state index contributed by atoms with van der Waals surface area (Å²) in [6, 6.07) is 14.1. The van der Waals surface area contributed by atoms with Crippen LogP contribution in [0.15, 0.2) is 57.7 Å². The maximum absolute atomic E-state index is 12.8. The zero-order chi connectivity index (χ0) is 27.3. The van der Waals surface area contributed by atoms with Crippen molar-refractivity contribution in [3.8, 4) is 0 Å². The standard InChI is InChI=1S/C28H32N4O6/c1-28(2,3)16-37-32-25(34)20(26(35)36)14-17-10-11-24-19(13-17)23(33)15-18(38-24)7-6-12-29-27-30-21-8-4-5-9-22(21)31-27/h4-5,8-11,13,15,20H,6-7,12,14,16H2,1-3H3,(H,32,34)(H,35,36)(H2,29,30,31)/t20-/m0/s1. The van der Waals surface area contributed by atoms with Crippen LogP contribution < -0.4 is 16.2 Å². The molecule has 1 atom stereocenters. The number of para-hydroxylation sites is 2. The fraction of sp³-hybridized carbons (Fsp3) is 0.357. The van der Waals surface area contributed by atoms with E-state index in [1.165, 1.54) is 6.07 Å². The molecule has 0 bridgehead atoms. The Morgan fingerprint density at radius 1 is 1.16 bits per heavy atom. The third-order valence-electron chi connectivity index (χ3n) is 5.86. The number of hydrogen-bond donors (Lipinski definition) is 4. The molecule has 1 amide bonds. The van der Waals surface area contributed by atoms with Crippen molar-refractivity contribution >= 4 is 39.8 Å². The van der Waals surface area contributed by atoms with E-state index in [9.17, 15) is 19.5 Å². The third kappa shape index (κ3) is 6.98. The molecule has 4 rings (SSSR count). The Bertz CT molecular complexity index is 1470. The molecule has 2 heterocycles. The number of aryl methyl sites for hydroxylation is 1. The van der Waals surface area contributed by atoms with Gasteiger partial charge in [0.25, 0.3) is 5.91 Å². The Hall–Kier alpha value is -4.18. The second kappa shape index (κ2) is 11.5. The summed E-state index contributed by atoms with van der Waals surface area (Å²) in [5.74, 6) is -2.15. The molecule has 200 valence electrons. The van der Waals surface area contributed by atoms with Gasteiger partial charge in [-0.3, -0.25) is 19.2 Å². The van der Waals surface area contributed by atoms with Crippen LogP contribution in [0.2, 0.25) is 0 Å². The molecule has 0 saturated heterocycles. The van der Waals surface area contributed by atoms with Crippen molar-refractivity contribution in [2.45, 2.75) is 40.0 Å². The topological polar surface area (TPSA) is 147 Å². The van der Waals surface area contributed by atoms with Crippen LogP contribution in [0, 0.1) is 11.3 Å². The highest BCUT2D eigenvalue weighted by Crippen LogP contribution is 2.19. The van der Waals surface area contributed by atoms with Crippen LogP contribution in [0.3, 0.4) is 0 Å². The van der Waals surface area contributed by atoms with E-state index < -0.39 is 17.8 Å². The van der Waals surface area contributed by atoms with Crippen LogP contribution in [-0.2, 0) is 27.3 Å². The molecular weight excluding hydrogens is 488 g/mol. The Balaban J connectivity index is 1.36. The molecule has 0 aliphatic rings. The number of fused-ring (bicyclic) bond motifs is 2. The largest absolute Gasteiger partial charge is 0.481 e. The summed E-state index contributed by atoms with van der Waals surface area (Å²) in [5, 5.41) is 13.2. The number of carboxylic acid groups (broad SMARTS) is 1. The van der Waals surface area contributed by atoms with Gasteiger partial charge in [0.15, 0.2) is 5.43 Å². The average molecular weight is 521 g/mol. The summed E-state index contributed by atoms with van der Waals surface area (Å²) in [6.45, 7) is 6.66. The molecule has 0 aliphatic heterocycles. The number of hydroxylamine groups is 1. The number of nitrogens with zero attached hydrogens (tertiary/aromatic N) is 1. The molecular formula is C28H32N4O6. The number of anilines is 1. The van der Waals surface area contributed by atoms with Crippen molar-refractivity contribution in [2.24, 2.45) is 11.3 Å². The van der Waals surface area contributed by atoms with Crippen LogP contribution in [-0.4, -0.2) is 40.1 Å². The fourth-order valence-corrected chi connectivity index (χ4v) is 3.93. The highest BCUT2D eigenvalue weighted by atomic mass is 16.7. The number of rotatable bonds is 11. The third-order valence-corrected chi connectivity index (χ3v) is 5.86. The van der Waals surface area contributed by atoms with E-state index in [0.717, 1.165) is 17.5 Å². The SMILES string of the molecule is CC(C)(C)CONC(=O)[C@H](Cc1ccc2oc(CCCNc3nc4ccccc4[nH]3)cc(=O)c2c1)C(=O)O. The van der Waals surface area contributed by atoms with Crippen LogP contribution in [0.1, 0.15) is 38.5 Å². The molecule has 10 nitrogen and oxygen atoms in total. The molecule has 4 N–H and O–H groups in total. The molecule has 0 aliphatic carbocycles. The quantitative estimate of drug-likeness (QED) is 0.132. The Kier molecular flexibility index (Phi) is 8.11. The number of carbonyl (C=O) groups excluding carboxylic acids is 1. The lowest BCUT2D eigenvalue weighted by molar-refractivity contribution is -0.153. The summed E-state index contributed by atoms with van der Waals surface area (Å²) in [5.41, 5.74) is 4.60. The lowest BCUT2D eigenvalue weighted by Gasteiger charge is -2.19. The van der Waals surface area contributed by atoms with Crippen molar-refractivity contribution in [3.05, 3.63) is 70.1 Å². The van der Waals surface area contributed by atoms with E-state index in [0.29, 0.717) is 41.2 Å². The predicted molar refractivity (Wildman–Crippen MR) is 144 cm³/mol. The number of carboxylic acids is 1. The maximum atomic E-state index is 12.8. The van der Waals surface area contributed by atoms with Gasteiger partial charge in [-0.2, -0.15) is 0 Å². The van der Waals surface area contributed by atoms with E-state index in [-0.39, 0.29) is 23.9 Å². The fourth-order valence-electron chi connectivity index (χ4n) is 3.93. The number of aliphatic carboxylic acids is 1. The van der Waals surface area contributed by atoms with E-state index in [1.807, 2.05) is 45.0 Å². The first kappa shape index (κ1) is 26.9. The number of carbonyl (C=O) groups is 2. The van der Waals surface area contributed by atoms with Crippen LogP contribution >= 0.6 is 0 Å². The predicted octanol–water partition coefficient (Wildman–Crippen LogP) is 4.05. The van der Waals surface area contributed by atoms with E-state index in [2.05, 4.69) is 20.8 Å². The van der Waals surface area contributed by atoms with Gasteiger partial charge in [-0.15, -0.1) is 0 Å². The van der Waals surface area contributed by atoms with Crippen molar-refractivity contribution in [3.63, 3.8) is 0 Å². The molecule has 10 heteroatoms. The first-order chi connectivity index (χ1) is 18.1. The number of nitrogens with one attached hydrogen (secondary N) is 3. The Morgan fingerprint density at radius 3 is 2.68 bits per heavy atom. The van der Waals surface area contributed by atoms with Gasteiger partial charge in [-0.1, -0.05) is 39.0 Å². The summed E-state index contributed by atoms with van der Waals surface area (Å²) < 4.78 is 5.92. The monoisotopic (exact) mass is 520 g/mol. The van der Waals surface area contributed by atoms with Crippen molar-refractivity contribution in [1.82, 2.24) is 15.4 Å². The summed E-state index contributed by atoms with van der Waals surface area (Å²) in [4.78, 5) is 49.8. The number of aromatic nitrogens is 2. The zero-order valence-corrected chi connectivity index (χ0v) is 21.7. The maximum Gasteiger partial charge on any atom is 0.316 e. The normalized spacial score (nSPS) is 12.5. The first-order valence-corrected chi connectivity index (χ1v) is 12.5. The molecule has 0 radical (unpaired) electrons.